The predicted octanol–water partition coefficient (Wildman–Crippen LogP) is 3.05. The van der Waals surface area contributed by atoms with Gasteiger partial charge in [0.05, 0.1) is 16.7 Å². The zero-order valence-corrected chi connectivity index (χ0v) is 15.0. The number of piperidine rings is 1. The Balaban J connectivity index is 0.00000288. The van der Waals surface area contributed by atoms with Gasteiger partial charge < -0.3 is 15.6 Å². The fourth-order valence-electron chi connectivity index (χ4n) is 3.66. The first-order valence-corrected chi connectivity index (χ1v) is 7.50. The average Bonchev–Trinajstić information content (AvgIpc) is 2.43. The summed E-state index contributed by atoms with van der Waals surface area (Å²) in [6.07, 6.45) is -0.539. The van der Waals surface area contributed by atoms with Crippen LogP contribution in [0.25, 0.3) is 0 Å². The smallest absolute Gasteiger partial charge is 0.269 e. The van der Waals surface area contributed by atoms with Crippen LogP contribution in [0.4, 0.5) is 5.69 Å². The van der Waals surface area contributed by atoms with Gasteiger partial charge in [-0.25, -0.2) is 0 Å². The van der Waals surface area contributed by atoms with Gasteiger partial charge in [-0.05, 0) is 33.3 Å². The van der Waals surface area contributed by atoms with Gasteiger partial charge in [-0.3, -0.25) is 10.1 Å². The zero-order valence-electron chi connectivity index (χ0n) is 14.2. The molecule has 134 valence electrons. The van der Waals surface area contributed by atoms with E-state index in [1.165, 1.54) is 12.1 Å². The molecule has 24 heavy (non-hydrogen) atoms. The second kappa shape index (κ2) is 7.04. The summed E-state index contributed by atoms with van der Waals surface area (Å²) in [5.74, 6) is -0.498. The van der Waals surface area contributed by atoms with Crippen molar-refractivity contribution in [1.29, 1.82) is 0 Å². The number of halogens is 1. The molecule has 2 rings (SSSR count). The Bertz CT molecular complexity index is 646. The van der Waals surface area contributed by atoms with E-state index in [0.29, 0.717) is 17.7 Å². The average molecular weight is 358 g/mol. The zero-order chi connectivity index (χ0) is 17.4. The number of rotatable bonds is 3. The van der Waals surface area contributed by atoms with Crippen LogP contribution < -0.4 is 5.32 Å². The number of non-ortho nitro benzene ring substituents is 1. The molecule has 1 aromatic carbocycles. The van der Waals surface area contributed by atoms with E-state index in [4.69, 9.17) is 0 Å². The number of nitrogens with zero attached hydrogens (tertiary/aromatic N) is 2. The SMILES string of the molecule is CC1(C)C/C(=N/O)C(C(O)c2cccc([N+](=O)[O-])c2)C(C)(C)N1.Cl. The van der Waals surface area contributed by atoms with E-state index in [0.717, 1.165) is 0 Å². The van der Waals surface area contributed by atoms with Crippen LogP contribution in [0.15, 0.2) is 29.4 Å². The highest BCUT2D eigenvalue weighted by atomic mass is 35.5. The van der Waals surface area contributed by atoms with Crippen LogP contribution in [0.2, 0.25) is 0 Å². The molecule has 0 amide bonds. The second-order valence-electron chi connectivity index (χ2n) is 7.27. The predicted molar refractivity (Wildman–Crippen MR) is 93.9 cm³/mol. The van der Waals surface area contributed by atoms with E-state index < -0.39 is 22.5 Å². The number of aliphatic hydroxyl groups is 1. The molecule has 0 aromatic heterocycles. The number of oxime groups is 1. The third-order valence-electron chi connectivity index (χ3n) is 4.29. The van der Waals surface area contributed by atoms with Crippen LogP contribution in [-0.2, 0) is 0 Å². The Hall–Kier alpha value is -1.70. The minimum absolute atomic E-state index is 0. The fourth-order valence-corrected chi connectivity index (χ4v) is 3.66. The topological polar surface area (TPSA) is 108 Å². The van der Waals surface area contributed by atoms with Gasteiger partial charge in [0.25, 0.3) is 5.69 Å². The molecule has 1 fully saturated rings. The number of nitro benzene ring substituents is 1. The standard InChI is InChI=1S/C16H23N3O4.ClH/c1-15(2)9-12(17-21)13(16(3,4)18-15)14(20)10-6-5-7-11(8-10)19(22)23;/h5-8,13-14,18,20-21H,9H2,1-4H3;1H/b17-12-;. The molecule has 8 heteroatoms. The first-order chi connectivity index (χ1) is 10.6. The van der Waals surface area contributed by atoms with Crippen LogP contribution >= 0.6 is 12.4 Å². The lowest BCUT2D eigenvalue weighted by Gasteiger charge is -2.49. The van der Waals surface area contributed by atoms with Gasteiger partial charge in [0.15, 0.2) is 0 Å². The van der Waals surface area contributed by atoms with Gasteiger partial charge in [0.2, 0.25) is 0 Å². The molecule has 1 aromatic rings. The van der Waals surface area contributed by atoms with Gasteiger partial charge in [-0.15, -0.1) is 12.4 Å². The lowest BCUT2D eigenvalue weighted by Crippen LogP contribution is -2.64. The minimum atomic E-state index is -1.01. The number of nitro groups is 1. The third kappa shape index (κ3) is 4.03. The number of benzene rings is 1. The van der Waals surface area contributed by atoms with Crippen LogP contribution in [0.3, 0.4) is 0 Å². The summed E-state index contributed by atoms with van der Waals surface area (Å²) in [4.78, 5) is 10.4. The molecule has 1 aliphatic rings. The van der Waals surface area contributed by atoms with Crippen molar-refractivity contribution >= 4 is 23.8 Å². The summed E-state index contributed by atoms with van der Waals surface area (Å²) < 4.78 is 0. The fraction of sp³-hybridized carbons (Fsp3) is 0.562. The number of hydrogen-bond donors (Lipinski definition) is 3. The minimum Gasteiger partial charge on any atom is -0.411 e. The summed E-state index contributed by atoms with van der Waals surface area (Å²) in [5.41, 5.74) is 0.0146. The van der Waals surface area contributed by atoms with Gasteiger partial charge in [0.1, 0.15) is 0 Å². The molecule has 0 aliphatic carbocycles. The van der Waals surface area contributed by atoms with Crippen molar-refractivity contribution in [1.82, 2.24) is 5.32 Å². The van der Waals surface area contributed by atoms with Gasteiger partial charge in [-0.1, -0.05) is 17.3 Å². The monoisotopic (exact) mass is 357 g/mol. The van der Waals surface area contributed by atoms with E-state index in [9.17, 15) is 20.4 Å². The van der Waals surface area contributed by atoms with Gasteiger partial charge in [-0.2, -0.15) is 0 Å². The highest BCUT2D eigenvalue weighted by molar-refractivity contribution is 5.90. The Morgan fingerprint density at radius 1 is 1.38 bits per heavy atom. The summed E-state index contributed by atoms with van der Waals surface area (Å²) >= 11 is 0. The highest BCUT2D eigenvalue weighted by Crippen LogP contribution is 2.39. The molecule has 2 unspecified atom stereocenters. The molecule has 2 atom stereocenters. The summed E-state index contributed by atoms with van der Waals surface area (Å²) in [5, 5.41) is 38.0. The molecule has 7 nitrogen and oxygen atoms in total. The number of nitrogens with one attached hydrogen (secondary N) is 1. The molecule has 0 bridgehead atoms. The maximum absolute atomic E-state index is 10.9. The third-order valence-corrected chi connectivity index (χ3v) is 4.29. The molecule has 1 heterocycles. The lowest BCUT2D eigenvalue weighted by molar-refractivity contribution is -0.385. The van der Waals surface area contributed by atoms with E-state index in [1.54, 1.807) is 12.1 Å². The van der Waals surface area contributed by atoms with Crippen molar-refractivity contribution in [3.63, 3.8) is 0 Å². The normalized spacial score (nSPS) is 24.9. The first kappa shape index (κ1) is 20.3. The quantitative estimate of drug-likeness (QED) is 0.437. The Labute approximate surface area is 147 Å². The van der Waals surface area contributed by atoms with E-state index in [-0.39, 0.29) is 23.6 Å². The molecule has 0 spiro atoms. The summed E-state index contributed by atoms with van der Waals surface area (Å²) in [7, 11) is 0. The van der Waals surface area contributed by atoms with Gasteiger partial charge in [0, 0.05) is 35.5 Å². The Morgan fingerprint density at radius 2 is 2.00 bits per heavy atom. The molecule has 3 N–H and O–H groups in total. The maximum Gasteiger partial charge on any atom is 0.269 e. The Morgan fingerprint density at radius 3 is 2.54 bits per heavy atom. The van der Waals surface area contributed by atoms with Crippen LogP contribution in [0.1, 0.15) is 45.8 Å². The number of hydrogen-bond acceptors (Lipinski definition) is 6. The van der Waals surface area contributed by atoms with Gasteiger partial charge >= 0.3 is 0 Å². The van der Waals surface area contributed by atoms with E-state index in [1.807, 2.05) is 27.7 Å². The first-order valence-electron chi connectivity index (χ1n) is 7.50. The van der Waals surface area contributed by atoms with Crippen molar-refractivity contribution in [2.24, 2.45) is 11.1 Å². The lowest BCUT2D eigenvalue weighted by atomic mass is 9.69. The summed E-state index contributed by atoms with van der Waals surface area (Å²) in [6.45, 7) is 7.83. The summed E-state index contributed by atoms with van der Waals surface area (Å²) in [6, 6.07) is 5.92. The van der Waals surface area contributed by atoms with Crippen molar-refractivity contribution in [3.05, 3.63) is 39.9 Å². The molecule has 0 radical (unpaired) electrons. The molecular formula is C16H24ClN3O4. The second-order valence-corrected chi connectivity index (χ2v) is 7.27. The molecular weight excluding hydrogens is 334 g/mol. The largest absolute Gasteiger partial charge is 0.411 e. The number of aliphatic hydroxyl groups excluding tert-OH is 1. The Kier molecular flexibility index (Phi) is 5.97. The molecule has 1 saturated heterocycles. The van der Waals surface area contributed by atoms with Crippen molar-refractivity contribution in [3.8, 4) is 0 Å². The van der Waals surface area contributed by atoms with E-state index in [2.05, 4.69) is 10.5 Å². The van der Waals surface area contributed by atoms with Crippen LogP contribution in [0.5, 0.6) is 0 Å². The van der Waals surface area contributed by atoms with Crippen molar-refractivity contribution in [2.75, 3.05) is 0 Å². The maximum atomic E-state index is 10.9. The van der Waals surface area contributed by atoms with Crippen LogP contribution in [0, 0.1) is 16.0 Å². The highest BCUT2D eigenvalue weighted by Gasteiger charge is 2.47. The molecule has 1 aliphatic heterocycles. The van der Waals surface area contributed by atoms with Crippen LogP contribution in [-0.4, -0.2) is 32.0 Å². The van der Waals surface area contributed by atoms with Crippen molar-refractivity contribution < 1.29 is 15.2 Å². The van der Waals surface area contributed by atoms with E-state index >= 15 is 0 Å². The molecule has 0 saturated carbocycles. The van der Waals surface area contributed by atoms with Crippen molar-refractivity contribution in [2.45, 2.75) is 51.3 Å².